The first-order valence-electron chi connectivity index (χ1n) is 11.4. The van der Waals surface area contributed by atoms with Gasteiger partial charge in [-0.15, -0.1) is 11.3 Å². The molecule has 10 nitrogen and oxygen atoms in total. The summed E-state index contributed by atoms with van der Waals surface area (Å²) in [4.78, 5) is 35.2. The van der Waals surface area contributed by atoms with Crippen LogP contribution >= 0.6 is 11.3 Å². The first-order chi connectivity index (χ1) is 18.1. The Balaban J connectivity index is 1.31. The van der Waals surface area contributed by atoms with Gasteiger partial charge in [0, 0.05) is 23.6 Å². The molecule has 0 aliphatic rings. The third-order valence-corrected chi connectivity index (χ3v) is 6.62. The number of nitrogens with one attached hydrogen (secondary N) is 1. The molecule has 0 saturated heterocycles. The van der Waals surface area contributed by atoms with Crippen LogP contribution in [0.4, 0.5) is 5.69 Å². The van der Waals surface area contributed by atoms with E-state index in [2.05, 4.69) is 25.5 Å². The summed E-state index contributed by atoms with van der Waals surface area (Å²) >= 11 is 1.59. The summed E-state index contributed by atoms with van der Waals surface area (Å²) in [7, 11) is 0. The Bertz CT molecular complexity index is 1770. The SMILES string of the molecule is CCOC(=O)c1cnn2c(-c3cccc(NC(=O)c4cnn5c(-c6cccs6)ccnc45)c3)ccnc12. The summed E-state index contributed by atoms with van der Waals surface area (Å²) in [5.41, 5.74) is 4.44. The van der Waals surface area contributed by atoms with Crippen molar-refractivity contribution in [3.63, 3.8) is 0 Å². The third kappa shape index (κ3) is 4.00. The molecule has 0 saturated carbocycles. The number of rotatable bonds is 6. The predicted molar refractivity (Wildman–Crippen MR) is 139 cm³/mol. The molecule has 37 heavy (non-hydrogen) atoms. The maximum Gasteiger partial charge on any atom is 0.343 e. The molecule has 0 radical (unpaired) electrons. The quantitative estimate of drug-likeness (QED) is 0.326. The summed E-state index contributed by atoms with van der Waals surface area (Å²) in [6, 6.07) is 15.0. The van der Waals surface area contributed by atoms with Gasteiger partial charge in [-0.2, -0.15) is 10.2 Å². The molecule has 0 spiro atoms. The van der Waals surface area contributed by atoms with Gasteiger partial charge in [0.05, 0.1) is 35.3 Å². The molecule has 6 rings (SSSR count). The molecule has 5 aromatic heterocycles. The summed E-state index contributed by atoms with van der Waals surface area (Å²) in [5.74, 6) is -0.807. The van der Waals surface area contributed by atoms with Crippen LogP contribution in [-0.4, -0.2) is 47.7 Å². The van der Waals surface area contributed by atoms with E-state index in [1.165, 1.54) is 12.4 Å². The number of carbonyl (C=O) groups excluding carboxylic acids is 2. The van der Waals surface area contributed by atoms with Gasteiger partial charge in [0.25, 0.3) is 5.91 Å². The predicted octanol–water partition coefficient (Wildman–Crippen LogP) is 4.60. The standard InChI is InChI=1S/C26H19N7O3S/c1-2-36-26(35)19-15-30-32-20(8-10-28-24(19)32)16-5-3-6-17(13-16)31-25(34)18-14-29-33-21(9-11-27-23(18)33)22-7-4-12-37-22/h3-15H,2H2,1H3,(H,31,34). The summed E-state index contributed by atoms with van der Waals surface area (Å²) in [5, 5.41) is 13.7. The van der Waals surface area contributed by atoms with E-state index < -0.39 is 5.97 Å². The van der Waals surface area contributed by atoms with E-state index in [9.17, 15) is 9.59 Å². The number of aromatic nitrogens is 6. The number of benzene rings is 1. The second kappa shape index (κ2) is 9.28. The fraction of sp³-hybridized carbons (Fsp3) is 0.0769. The molecule has 0 aliphatic carbocycles. The summed E-state index contributed by atoms with van der Waals surface area (Å²) in [6.07, 6.45) is 6.24. The van der Waals surface area contributed by atoms with Gasteiger partial charge in [0.2, 0.25) is 0 Å². The molecular formula is C26H19N7O3S. The van der Waals surface area contributed by atoms with E-state index in [1.807, 2.05) is 41.8 Å². The molecule has 1 N–H and O–H groups in total. The lowest BCUT2D eigenvalue weighted by molar-refractivity contribution is 0.0528. The number of thiophene rings is 1. The Hall–Kier alpha value is -4.90. The van der Waals surface area contributed by atoms with Crippen LogP contribution in [0.25, 0.3) is 33.1 Å². The van der Waals surface area contributed by atoms with Crippen LogP contribution in [0.1, 0.15) is 27.6 Å². The minimum Gasteiger partial charge on any atom is -0.462 e. The van der Waals surface area contributed by atoms with E-state index in [0.29, 0.717) is 28.2 Å². The van der Waals surface area contributed by atoms with Gasteiger partial charge in [-0.25, -0.2) is 23.8 Å². The number of nitrogens with zero attached hydrogens (tertiary/aromatic N) is 6. The van der Waals surface area contributed by atoms with Crippen molar-refractivity contribution in [2.24, 2.45) is 0 Å². The van der Waals surface area contributed by atoms with Crippen molar-refractivity contribution in [1.82, 2.24) is 29.2 Å². The van der Waals surface area contributed by atoms with Gasteiger partial charge in [-0.1, -0.05) is 18.2 Å². The lowest BCUT2D eigenvalue weighted by Crippen LogP contribution is -2.12. The molecule has 1 amide bonds. The van der Waals surface area contributed by atoms with Crippen molar-refractivity contribution in [3.05, 3.63) is 89.8 Å². The second-order valence-corrected chi connectivity index (χ2v) is 8.93. The van der Waals surface area contributed by atoms with E-state index >= 15 is 0 Å². The maximum atomic E-state index is 13.2. The van der Waals surface area contributed by atoms with E-state index in [0.717, 1.165) is 16.1 Å². The summed E-state index contributed by atoms with van der Waals surface area (Å²) < 4.78 is 8.35. The van der Waals surface area contributed by atoms with Crippen LogP contribution in [0.2, 0.25) is 0 Å². The van der Waals surface area contributed by atoms with Crippen LogP contribution < -0.4 is 5.32 Å². The molecule has 1 aromatic carbocycles. The Morgan fingerprint density at radius 2 is 1.65 bits per heavy atom. The van der Waals surface area contributed by atoms with Crippen molar-refractivity contribution in [3.8, 4) is 21.8 Å². The van der Waals surface area contributed by atoms with E-state index in [1.54, 1.807) is 51.8 Å². The molecule has 0 aliphatic heterocycles. The van der Waals surface area contributed by atoms with Crippen molar-refractivity contribution >= 4 is 40.2 Å². The van der Waals surface area contributed by atoms with Crippen LogP contribution in [0, 0.1) is 0 Å². The number of hydrogen-bond acceptors (Lipinski definition) is 8. The molecule has 11 heteroatoms. The van der Waals surface area contributed by atoms with E-state index in [4.69, 9.17) is 4.74 Å². The lowest BCUT2D eigenvalue weighted by atomic mass is 10.1. The van der Waals surface area contributed by atoms with Crippen LogP contribution in [0.15, 0.2) is 78.7 Å². The number of ether oxygens (including phenoxy) is 1. The molecule has 0 atom stereocenters. The number of anilines is 1. The highest BCUT2D eigenvalue weighted by molar-refractivity contribution is 7.13. The lowest BCUT2D eigenvalue weighted by Gasteiger charge is -2.09. The highest BCUT2D eigenvalue weighted by Gasteiger charge is 2.19. The first kappa shape index (κ1) is 22.6. The van der Waals surface area contributed by atoms with Crippen LogP contribution in [0.3, 0.4) is 0 Å². The second-order valence-electron chi connectivity index (χ2n) is 7.98. The van der Waals surface area contributed by atoms with Gasteiger partial charge in [-0.05, 0) is 42.6 Å². The molecule has 5 heterocycles. The van der Waals surface area contributed by atoms with Crippen LogP contribution in [-0.2, 0) is 4.74 Å². The molecule has 182 valence electrons. The molecule has 0 unspecified atom stereocenters. The topological polar surface area (TPSA) is 116 Å². The minimum atomic E-state index is -0.479. The summed E-state index contributed by atoms with van der Waals surface area (Å²) in [6.45, 7) is 2.00. The van der Waals surface area contributed by atoms with Gasteiger partial charge in [0.15, 0.2) is 11.3 Å². The zero-order valence-electron chi connectivity index (χ0n) is 19.5. The molecule has 6 aromatic rings. The van der Waals surface area contributed by atoms with Gasteiger partial charge >= 0.3 is 5.97 Å². The largest absolute Gasteiger partial charge is 0.462 e. The smallest absolute Gasteiger partial charge is 0.343 e. The zero-order valence-corrected chi connectivity index (χ0v) is 20.3. The number of hydrogen-bond donors (Lipinski definition) is 1. The van der Waals surface area contributed by atoms with Gasteiger partial charge < -0.3 is 10.1 Å². The monoisotopic (exact) mass is 509 g/mol. The molecular weight excluding hydrogens is 490 g/mol. The Labute approximate surface area is 214 Å². The van der Waals surface area contributed by atoms with Crippen molar-refractivity contribution in [2.75, 3.05) is 11.9 Å². The van der Waals surface area contributed by atoms with E-state index in [-0.39, 0.29) is 18.1 Å². The normalized spacial score (nSPS) is 11.2. The maximum absolute atomic E-state index is 13.2. The van der Waals surface area contributed by atoms with Crippen molar-refractivity contribution in [1.29, 1.82) is 0 Å². The molecule has 0 bridgehead atoms. The average Bonchev–Trinajstić information content (AvgIpc) is 3.68. The number of carbonyl (C=O) groups is 2. The first-order valence-corrected chi connectivity index (χ1v) is 12.3. The number of fused-ring (bicyclic) bond motifs is 2. The number of esters is 1. The Morgan fingerprint density at radius 1 is 0.919 bits per heavy atom. The Morgan fingerprint density at radius 3 is 2.41 bits per heavy atom. The highest BCUT2D eigenvalue weighted by atomic mass is 32.1. The average molecular weight is 510 g/mol. The van der Waals surface area contributed by atoms with Crippen LogP contribution in [0.5, 0.6) is 0 Å². The Kier molecular flexibility index (Phi) is 5.66. The zero-order chi connectivity index (χ0) is 25.4. The minimum absolute atomic E-state index is 0.259. The van der Waals surface area contributed by atoms with Gasteiger partial charge in [0.1, 0.15) is 11.1 Å². The van der Waals surface area contributed by atoms with Gasteiger partial charge in [-0.3, -0.25) is 4.79 Å². The van der Waals surface area contributed by atoms with Crippen molar-refractivity contribution in [2.45, 2.75) is 6.92 Å². The fourth-order valence-electron chi connectivity index (χ4n) is 4.08. The fourth-order valence-corrected chi connectivity index (χ4v) is 4.82. The van der Waals surface area contributed by atoms with Crippen molar-refractivity contribution < 1.29 is 14.3 Å². The third-order valence-electron chi connectivity index (χ3n) is 5.73. The molecule has 0 fully saturated rings. The highest BCUT2D eigenvalue weighted by Crippen LogP contribution is 2.27. The number of amides is 1.